The zero-order valence-electron chi connectivity index (χ0n) is 12.9. The number of anilines is 2. The molecule has 2 heterocycles. The van der Waals surface area contributed by atoms with E-state index < -0.39 is 17.6 Å². The predicted octanol–water partition coefficient (Wildman–Crippen LogP) is 0.555. The van der Waals surface area contributed by atoms with Crippen LogP contribution in [-0.4, -0.2) is 36.7 Å². The number of nitrogens with two attached hydrogens (primary N) is 1. The molecule has 0 spiro atoms. The zero-order chi connectivity index (χ0) is 17.6. The lowest BCUT2D eigenvalue weighted by atomic mass is 10.1. The smallest absolute Gasteiger partial charge is 0.339 e. The molecule has 0 radical (unpaired) electrons. The summed E-state index contributed by atoms with van der Waals surface area (Å²) in [4.78, 5) is 8.07. The highest BCUT2D eigenvalue weighted by atomic mass is 19.1. The summed E-state index contributed by atoms with van der Waals surface area (Å²) < 4.78 is 15.6. The fourth-order valence-electron chi connectivity index (χ4n) is 2.55. The van der Waals surface area contributed by atoms with E-state index in [1.807, 2.05) is 0 Å². The van der Waals surface area contributed by atoms with Gasteiger partial charge >= 0.3 is 5.97 Å². The van der Waals surface area contributed by atoms with Crippen LogP contribution < -0.4 is 11.1 Å². The first-order chi connectivity index (χ1) is 11.2. The van der Waals surface area contributed by atoms with Crippen LogP contribution in [0.4, 0.5) is 15.9 Å². The van der Waals surface area contributed by atoms with Gasteiger partial charge in [-0.1, -0.05) is 0 Å². The molecule has 0 atom stereocenters. The summed E-state index contributed by atoms with van der Waals surface area (Å²) in [7, 11) is 1.65. The van der Waals surface area contributed by atoms with Gasteiger partial charge < -0.3 is 26.4 Å². The van der Waals surface area contributed by atoms with Crippen molar-refractivity contribution in [2.45, 2.75) is 12.9 Å². The Morgan fingerprint density at radius 3 is 2.54 bits per heavy atom. The van der Waals surface area contributed by atoms with E-state index in [1.165, 1.54) is 22.7 Å². The lowest BCUT2D eigenvalue weighted by Gasteiger charge is -2.12. The second kappa shape index (κ2) is 5.41. The maximum Gasteiger partial charge on any atom is 0.339 e. The molecular formula is C15H16FN5O3. The summed E-state index contributed by atoms with van der Waals surface area (Å²) >= 11 is 0. The quantitative estimate of drug-likeness (QED) is 0.443. The maximum atomic E-state index is 14.4. The maximum absolute atomic E-state index is 14.4. The number of hydrogen-bond acceptors (Lipinski definition) is 7. The molecular weight excluding hydrogens is 317 g/mol. The number of aliphatic hydroxyl groups is 3. The second-order valence-electron chi connectivity index (χ2n) is 5.35. The van der Waals surface area contributed by atoms with Crippen LogP contribution in [0.3, 0.4) is 0 Å². The molecule has 3 rings (SSSR count). The summed E-state index contributed by atoms with van der Waals surface area (Å²) in [6, 6.07) is 4.37. The summed E-state index contributed by atoms with van der Waals surface area (Å²) in [5.74, 6) is -4.30. The zero-order valence-corrected chi connectivity index (χ0v) is 12.9. The molecule has 0 amide bonds. The molecule has 0 saturated carbocycles. The van der Waals surface area contributed by atoms with Crippen molar-refractivity contribution in [1.29, 1.82) is 0 Å². The molecule has 0 aliphatic carbocycles. The third kappa shape index (κ3) is 2.54. The van der Waals surface area contributed by atoms with E-state index in [9.17, 15) is 19.7 Å². The van der Waals surface area contributed by atoms with E-state index in [1.54, 1.807) is 20.0 Å². The van der Waals surface area contributed by atoms with Gasteiger partial charge in [-0.05, 0) is 25.1 Å². The molecule has 126 valence electrons. The van der Waals surface area contributed by atoms with Gasteiger partial charge in [0.15, 0.2) is 0 Å². The lowest BCUT2D eigenvalue weighted by Crippen LogP contribution is -2.27. The van der Waals surface area contributed by atoms with Gasteiger partial charge in [0.1, 0.15) is 22.8 Å². The van der Waals surface area contributed by atoms with Crippen LogP contribution in [0.2, 0.25) is 0 Å². The highest BCUT2D eigenvalue weighted by Crippen LogP contribution is 2.33. The van der Waals surface area contributed by atoms with Gasteiger partial charge in [-0.15, -0.1) is 0 Å². The Kier molecular flexibility index (Phi) is 3.63. The second-order valence-corrected chi connectivity index (χ2v) is 5.35. The number of aromatic nitrogens is 3. The van der Waals surface area contributed by atoms with Crippen molar-refractivity contribution in [2.75, 3.05) is 18.1 Å². The first-order valence-electron chi connectivity index (χ1n) is 7.03. The molecule has 0 unspecified atom stereocenters. The minimum atomic E-state index is -3.22. The minimum Gasteiger partial charge on any atom is -0.388 e. The number of nitrogen functional groups attached to an aromatic ring is 1. The highest BCUT2D eigenvalue weighted by molar-refractivity contribution is 5.86. The third-order valence-corrected chi connectivity index (χ3v) is 3.58. The lowest BCUT2D eigenvalue weighted by molar-refractivity contribution is -0.329. The van der Waals surface area contributed by atoms with Gasteiger partial charge in [-0.2, -0.15) is 0 Å². The molecule has 0 aliphatic rings. The molecule has 6 N–H and O–H groups in total. The summed E-state index contributed by atoms with van der Waals surface area (Å²) in [5.41, 5.74) is 7.20. The van der Waals surface area contributed by atoms with Crippen LogP contribution in [0, 0.1) is 12.7 Å². The van der Waals surface area contributed by atoms with Gasteiger partial charge in [0.05, 0.1) is 5.69 Å². The van der Waals surface area contributed by atoms with E-state index in [0.29, 0.717) is 11.4 Å². The summed E-state index contributed by atoms with van der Waals surface area (Å²) in [6.45, 7) is 1.63. The van der Waals surface area contributed by atoms with Crippen LogP contribution in [0.25, 0.3) is 16.8 Å². The van der Waals surface area contributed by atoms with Crippen molar-refractivity contribution in [2.24, 2.45) is 0 Å². The van der Waals surface area contributed by atoms with Crippen molar-refractivity contribution >= 4 is 17.0 Å². The number of fused-ring (bicyclic) bond motifs is 1. The molecule has 1 aromatic carbocycles. The van der Waals surface area contributed by atoms with Crippen molar-refractivity contribution in [3.05, 3.63) is 41.7 Å². The fourth-order valence-corrected chi connectivity index (χ4v) is 2.55. The number of nitrogens with zero attached hydrogens (tertiary/aromatic N) is 3. The van der Waals surface area contributed by atoms with E-state index in [2.05, 4.69) is 15.3 Å². The predicted molar refractivity (Wildman–Crippen MR) is 85.4 cm³/mol. The van der Waals surface area contributed by atoms with Gasteiger partial charge in [-0.3, -0.25) is 4.40 Å². The molecule has 0 bridgehead atoms. The van der Waals surface area contributed by atoms with Crippen molar-refractivity contribution in [3.63, 3.8) is 0 Å². The molecule has 3 aromatic rings. The Labute approximate surface area is 136 Å². The van der Waals surface area contributed by atoms with Crippen LogP contribution in [0.15, 0.2) is 24.4 Å². The average Bonchev–Trinajstić information content (AvgIpc) is 2.86. The van der Waals surface area contributed by atoms with Crippen molar-refractivity contribution in [3.8, 4) is 11.3 Å². The normalized spacial score (nSPS) is 11.9. The number of benzene rings is 1. The monoisotopic (exact) mass is 333 g/mol. The van der Waals surface area contributed by atoms with Gasteiger partial charge in [0.25, 0.3) is 0 Å². The molecule has 9 heteroatoms. The van der Waals surface area contributed by atoms with E-state index >= 15 is 0 Å². The Hall–Kier alpha value is -2.75. The number of halogens is 1. The van der Waals surface area contributed by atoms with Crippen LogP contribution in [0.5, 0.6) is 0 Å². The standard InChI is InChI=1S/C15H16FN5O3/c1-7-6-21-12(13(17)19-7)11(20-14(21)15(22,23)24)9-4-3-8(18-2)5-10(9)16/h3-6,18,22-24H,1-2H3,(H2,17,19). The van der Waals surface area contributed by atoms with E-state index in [-0.39, 0.29) is 22.6 Å². The third-order valence-electron chi connectivity index (χ3n) is 3.58. The first kappa shape index (κ1) is 16.1. The minimum absolute atomic E-state index is 0.0186. The Morgan fingerprint density at radius 1 is 1.25 bits per heavy atom. The van der Waals surface area contributed by atoms with Gasteiger partial charge in [-0.25, -0.2) is 14.4 Å². The number of nitrogens with one attached hydrogen (secondary N) is 1. The molecule has 0 aliphatic heterocycles. The van der Waals surface area contributed by atoms with Crippen molar-refractivity contribution in [1.82, 2.24) is 14.4 Å². The number of rotatable bonds is 3. The van der Waals surface area contributed by atoms with E-state index in [0.717, 1.165) is 0 Å². The Morgan fingerprint density at radius 2 is 1.96 bits per heavy atom. The van der Waals surface area contributed by atoms with Gasteiger partial charge in [0, 0.05) is 24.5 Å². The topological polar surface area (TPSA) is 129 Å². The Bertz CT molecular complexity index is 933. The highest BCUT2D eigenvalue weighted by Gasteiger charge is 2.31. The van der Waals surface area contributed by atoms with Crippen molar-refractivity contribution < 1.29 is 19.7 Å². The van der Waals surface area contributed by atoms with Crippen LogP contribution >= 0.6 is 0 Å². The molecule has 0 fully saturated rings. The first-order valence-corrected chi connectivity index (χ1v) is 7.03. The summed E-state index contributed by atoms with van der Waals surface area (Å²) in [5, 5.41) is 31.4. The number of imidazole rings is 1. The molecule has 8 nitrogen and oxygen atoms in total. The number of aryl methyl sites for hydroxylation is 1. The summed E-state index contributed by atoms with van der Waals surface area (Å²) in [6.07, 6.45) is 1.41. The number of hydrogen-bond donors (Lipinski definition) is 5. The van der Waals surface area contributed by atoms with Gasteiger partial charge in [0.2, 0.25) is 5.82 Å². The molecule has 2 aromatic heterocycles. The largest absolute Gasteiger partial charge is 0.388 e. The van der Waals surface area contributed by atoms with Crippen LogP contribution in [0.1, 0.15) is 11.5 Å². The molecule has 0 saturated heterocycles. The average molecular weight is 333 g/mol. The Balaban J connectivity index is 2.37. The fraction of sp³-hybridized carbons (Fsp3) is 0.200. The van der Waals surface area contributed by atoms with E-state index in [4.69, 9.17) is 5.73 Å². The van der Waals surface area contributed by atoms with Crippen LogP contribution in [-0.2, 0) is 5.97 Å². The molecule has 24 heavy (non-hydrogen) atoms. The SMILES string of the molecule is CNc1ccc(-c2nc(C(O)(O)O)n3cc(C)nc(N)c23)c(F)c1.